The highest BCUT2D eigenvalue weighted by Gasteiger charge is 2.16. The van der Waals surface area contributed by atoms with Crippen LogP contribution in [-0.2, 0) is 14.8 Å². The second-order valence-corrected chi connectivity index (χ2v) is 7.30. The molecule has 9 heteroatoms. The number of amides is 1. The third kappa shape index (κ3) is 4.16. The highest BCUT2D eigenvalue weighted by atomic mass is 35.5. The fourth-order valence-electron chi connectivity index (χ4n) is 1.41. The van der Waals surface area contributed by atoms with Crippen LogP contribution in [0.2, 0.25) is 0 Å². The smallest absolute Gasteiger partial charge is 0.263 e. The maximum absolute atomic E-state index is 12.1. The van der Waals surface area contributed by atoms with E-state index in [1.165, 1.54) is 41.8 Å². The molecule has 1 aromatic carbocycles. The number of rotatable bonds is 5. The van der Waals surface area contributed by atoms with Crippen molar-refractivity contribution in [2.24, 2.45) is 0 Å². The number of carbonyl (C=O) groups excluding carboxylic acids is 1. The van der Waals surface area contributed by atoms with Crippen molar-refractivity contribution in [1.82, 2.24) is 4.98 Å². The number of thiazole rings is 1. The predicted molar refractivity (Wildman–Crippen MR) is 83.3 cm³/mol. The van der Waals surface area contributed by atoms with Crippen molar-refractivity contribution in [1.29, 1.82) is 0 Å². The summed E-state index contributed by atoms with van der Waals surface area (Å²) in [6, 6.07) is 5.77. The van der Waals surface area contributed by atoms with E-state index in [4.69, 9.17) is 11.6 Å². The number of sulfonamides is 1. The second-order valence-electron chi connectivity index (χ2n) is 4.07. The quantitative estimate of drug-likeness (QED) is 0.815. The molecule has 0 bridgehead atoms. The average Bonchev–Trinajstić information content (AvgIpc) is 2.91. The third-order valence-electron chi connectivity index (χ3n) is 2.45. The van der Waals surface area contributed by atoms with Crippen LogP contribution >= 0.6 is 22.9 Å². The fourth-order valence-corrected chi connectivity index (χ4v) is 3.25. The monoisotopic (exact) mass is 345 g/mol. The van der Waals surface area contributed by atoms with Gasteiger partial charge in [0.2, 0.25) is 5.91 Å². The summed E-state index contributed by atoms with van der Waals surface area (Å²) >= 11 is 6.82. The van der Waals surface area contributed by atoms with E-state index in [1.54, 1.807) is 12.3 Å². The van der Waals surface area contributed by atoms with E-state index in [-0.39, 0.29) is 10.8 Å². The van der Waals surface area contributed by atoms with E-state index in [1.807, 2.05) is 0 Å². The molecule has 2 rings (SSSR count). The molecule has 0 unspecified atom stereocenters. The molecular weight excluding hydrogens is 334 g/mol. The number of hydrogen-bond acceptors (Lipinski definition) is 5. The summed E-state index contributed by atoms with van der Waals surface area (Å²) in [6.07, 6.45) is 1.51. The van der Waals surface area contributed by atoms with Gasteiger partial charge >= 0.3 is 0 Å². The summed E-state index contributed by atoms with van der Waals surface area (Å²) in [5.74, 6) is -0.354. The van der Waals surface area contributed by atoms with Crippen LogP contribution in [0.4, 0.5) is 10.8 Å². The van der Waals surface area contributed by atoms with Crippen LogP contribution in [-0.4, -0.2) is 24.7 Å². The summed E-state index contributed by atoms with van der Waals surface area (Å²) < 4.78 is 26.5. The molecule has 6 nitrogen and oxygen atoms in total. The molecule has 0 saturated carbocycles. The van der Waals surface area contributed by atoms with E-state index >= 15 is 0 Å². The number of nitrogens with one attached hydrogen (secondary N) is 2. The first-order chi connectivity index (χ1) is 9.88. The number of hydrogen-bond donors (Lipinski definition) is 2. The van der Waals surface area contributed by atoms with Crippen molar-refractivity contribution in [2.45, 2.75) is 17.2 Å². The molecule has 1 amide bonds. The minimum absolute atomic E-state index is 0.0784. The van der Waals surface area contributed by atoms with E-state index in [2.05, 4.69) is 15.0 Å². The van der Waals surface area contributed by atoms with Gasteiger partial charge in [0.15, 0.2) is 5.13 Å². The lowest BCUT2D eigenvalue weighted by molar-refractivity contribution is -0.115. The second kappa shape index (κ2) is 6.42. The number of nitrogens with zero attached hydrogens (tertiary/aromatic N) is 1. The number of carbonyl (C=O) groups is 1. The van der Waals surface area contributed by atoms with Crippen molar-refractivity contribution in [3.05, 3.63) is 35.8 Å². The molecule has 0 radical (unpaired) electrons. The van der Waals surface area contributed by atoms with Gasteiger partial charge in [0, 0.05) is 17.3 Å². The number of halogens is 1. The van der Waals surface area contributed by atoms with E-state index in [0.29, 0.717) is 10.8 Å². The highest BCUT2D eigenvalue weighted by molar-refractivity contribution is 7.93. The lowest BCUT2D eigenvalue weighted by Gasteiger charge is -2.08. The van der Waals surface area contributed by atoms with Crippen LogP contribution in [0.3, 0.4) is 0 Å². The first kappa shape index (κ1) is 15.7. The Morgan fingerprint density at radius 1 is 1.33 bits per heavy atom. The number of alkyl halides is 1. The maximum atomic E-state index is 12.1. The van der Waals surface area contributed by atoms with Crippen molar-refractivity contribution >= 4 is 49.7 Å². The molecule has 2 aromatic rings. The van der Waals surface area contributed by atoms with Gasteiger partial charge in [-0.1, -0.05) is 0 Å². The normalized spacial score (nSPS) is 12.7. The van der Waals surface area contributed by atoms with Crippen molar-refractivity contribution in [2.75, 3.05) is 10.0 Å². The fraction of sp³-hybridized carbons (Fsp3) is 0.167. The first-order valence-corrected chi connectivity index (χ1v) is 8.66. The SMILES string of the molecule is C[C@@H](Cl)C(=O)Nc1ccc(S(=O)(=O)Nc2nccs2)cc1. The Hall–Kier alpha value is -1.64. The van der Waals surface area contributed by atoms with Crippen LogP contribution in [0.15, 0.2) is 40.7 Å². The zero-order valence-corrected chi connectivity index (χ0v) is 13.3. The molecule has 0 saturated heterocycles. The van der Waals surface area contributed by atoms with E-state index in [0.717, 1.165) is 0 Å². The predicted octanol–water partition coefficient (Wildman–Crippen LogP) is 2.51. The van der Waals surface area contributed by atoms with Crippen molar-refractivity contribution in [3.8, 4) is 0 Å². The first-order valence-electron chi connectivity index (χ1n) is 5.86. The molecule has 1 aromatic heterocycles. The molecule has 112 valence electrons. The lowest BCUT2D eigenvalue weighted by atomic mass is 10.3. The Kier molecular flexibility index (Phi) is 4.81. The Morgan fingerprint density at radius 2 is 2.00 bits per heavy atom. The van der Waals surface area contributed by atoms with Gasteiger partial charge in [-0.25, -0.2) is 13.4 Å². The molecule has 0 aliphatic heterocycles. The van der Waals surface area contributed by atoms with Gasteiger partial charge in [0.25, 0.3) is 10.0 Å². The summed E-state index contributed by atoms with van der Waals surface area (Å²) in [6.45, 7) is 1.55. The Bertz CT molecular complexity index is 713. The van der Waals surface area contributed by atoms with Gasteiger partial charge in [-0.2, -0.15) is 0 Å². The topological polar surface area (TPSA) is 88.2 Å². The molecule has 21 heavy (non-hydrogen) atoms. The van der Waals surface area contributed by atoms with Gasteiger partial charge in [-0.15, -0.1) is 22.9 Å². The van der Waals surface area contributed by atoms with E-state index < -0.39 is 15.4 Å². The molecule has 0 aliphatic carbocycles. The minimum Gasteiger partial charge on any atom is -0.325 e. The summed E-state index contributed by atoms with van der Waals surface area (Å²) in [5.41, 5.74) is 0.473. The van der Waals surface area contributed by atoms with Gasteiger partial charge in [0.05, 0.1) is 4.90 Å². The Labute approximate surface area is 131 Å². The van der Waals surface area contributed by atoms with Crippen LogP contribution in [0.25, 0.3) is 0 Å². The largest absolute Gasteiger partial charge is 0.325 e. The minimum atomic E-state index is -3.69. The number of anilines is 2. The molecule has 2 N–H and O–H groups in total. The number of aromatic nitrogens is 1. The molecule has 1 heterocycles. The van der Waals surface area contributed by atoms with Crippen molar-refractivity contribution < 1.29 is 13.2 Å². The van der Waals surface area contributed by atoms with Gasteiger partial charge in [-0.05, 0) is 31.2 Å². The average molecular weight is 346 g/mol. The zero-order chi connectivity index (χ0) is 15.5. The molecule has 0 spiro atoms. The van der Waals surface area contributed by atoms with Gasteiger partial charge in [-0.3, -0.25) is 9.52 Å². The van der Waals surface area contributed by atoms with Gasteiger partial charge in [0.1, 0.15) is 5.38 Å². The summed E-state index contributed by atoms with van der Waals surface area (Å²) in [4.78, 5) is 15.4. The maximum Gasteiger partial charge on any atom is 0.263 e. The van der Waals surface area contributed by atoms with Crippen LogP contribution in [0.5, 0.6) is 0 Å². The van der Waals surface area contributed by atoms with Crippen LogP contribution in [0, 0.1) is 0 Å². The summed E-state index contributed by atoms with van der Waals surface area (Å²) in [7, 11) is -3.69. The Balaban J connectivity index is 2.13. The van der Waals surface area contributed by atoms with Crippen molar-refractivity contribution in [3.63, 3.8) is 0 Å². The molecule has 0 aliphatic rings. The van der Waals surface area contributed by atoms with Crippen LogP contribution < -0.4 is 10.0 Å². The van der Waals surface area contributed by atoms with Crippen LogP contribution in [0.1, 0.15) is 6.92 Å². The summed E-state index contributed by atoms with van der Waals surface area (Å²) in [5, 5.41) is 3.87. The molecule has 0 fully saturated rings. The molecule has 1 atom stereocenters. The third-order valence-corrected chi connectivity index (χ3v) is 4.82. The zero-order valence-electron chi connectivity index (χ0n) is 10.9. The number of benzene rings is 1. The molecular formula is C12H12ClN3O3S2. The van der Waals surface area contributed by atoms with E-state index in [9.17, 15) is 13.2 Å². The lowest BCUT2D eigenvalue weighted by Crippen LogP contribution is -2.20. The standard InChI is InChI=1S/C12H12ClN3O3S2/c1-8(13)11(17)15-9-2-4-10(5-3-9)21(18,19)16-12-14-6-7-20-12/h2-8H,1H3,(H,14,16)(H,15,17)/t8-/m1/s1. The highest BCUT2D eigenvalue weighted by Crippen LogP contribution is 2.19. The Morgan fingerprint density at radius 3 is 2.52 bits per heavy atom. The van der Waals surface area contributed by atoms with Gasteiger partial charge < -0.3 is 5.32 Å².